The Balaban J connectivity index is 1.74. The molecule has 0 saturated heterocycles. The maximum absolute atomic E-state index is 12.1. The average Bonchev–Trinajstić information content (AvgIpc) is 2.68. The fourth-order valence-electron chi connectivity index (χ4n) is 2.48. The number of alkyl halides is 3. The molecule has 0 aromatic heterocycles. The number of benzene rings is 2. The molecular weight excluding hydrogens is 387 g/mol. The SMILES string of the molecule is C[C@@H](NCCc1cccc(OCCc2ccccc2)c1)C(=O)OC(=O)C(F)(F)F. The first-order chi connectivity index (χ1) is 13.8. The van der Waals surface area contributed by atoms with Crippen LogP contribution in [0.2, 0.25) is 0 Å². The van der Waals surface area contributed by atoms with Crippen molar-refractivity contribution < 1.29 is 32.2 Å². The molecule has 0 radical (unpaired) electrons. The molecule has 0 saturated carbocycles. The maximum atomic E-state index is 12.1. The van der Waals surface area contributed by atoms with Gasteiger partial charge in [0.15, 0.2) is 0 Å². The summed E-state index contributed by atoms with van der Waals surface area (Å²) >= 11 is 0. The minimum Gasteiger partial charge on any atom is -0.493 e. The van der Waals surface area contributed by atoms with Crippen molar-refractivity contribution in [1.29, 1.82) is 0 Å². The Labute approximate surface area is 166 Å². The molecule has 5 nitrogen and oxygen atoms in total. The summed E-state index contributed by atoms with van der Waals surface area (Å²) in [6, 6.07) is 16.3. The molecule has 0 fully saturated rings. The quantitative estimate of drug-likeness (QED) is 0.508. The number of nitrogens with one attached hydrogen (secondary N) is 1. The first-order valence-electron chi connectivity index (χ1n) is 9.07. The summed E-state index contributed by atoms with van der Waals surface area (Å²) in [5.74, 6) is -3.08. The van der Waals surface area contributed by atoms with Crippen molar-refractivity contribution in [3.63, 3.8) is 0 Å². The summed E-state index contributed by atoms with van der Waals surface area (Å²) in [5, 5.41) is 2.74. The molecule has 0 aliphatic carbocycles. The zero-order valence-corrected chi connectivity index (χ0v) is 15.9. The highest BCUT2D eigenvalue weighted by atomic mass is 19.4. The van der Waals surface area contributed by atoms with Crippen LogP contribution in [0.3, 0.4) is 0 Å². The summed E-state index contributed by atoms with van der Waals surface area (Å²) in [4.78, 5) is 22.2. The molecule has 8 heteroatoms. The summed E-state index contributed by atoms with van der Waals surface area (Å²) in [7, 11) is 0. The molecule has 2 aromatic carbocycles. The van der Waals surface area contributed by atoms with E-state index in [1.54, 1.807) is 0 Å². The molecule has 2 aromatic rings. The lowest BCUT2D eigenvalue weighted by atomic mass is 10.1. The van der Waals surface area contributed by atoms with Crippen LogP contribution in [0.15, 0.2) is 54.6 Å². The highest BCUT2D eigenvalue weighted by Gasteiger charge is 2.42. The van der Waals surface area contributed by atoms with Gasteiger partial charge in [-0.2, -0.15) is 13.2 Å². The van der Waals surface area contributed by atoms with E-state index < -0.39 is 24.2 Å². The summed E-state index contributed by atoms with van der Waals surface area (Å²) in [6.07, 6.45) is -3.90. The van der Waals surface area contributed by atoms with Gasteiger partial charge >= 0.3 is 18.1 Å². The van der Waals surface area contributed by atoms with E-state index in [9.17, 15) is 22.8 Å². The Hall–Kier alpha value is -2.87. The second-order valence-corrected chi connectivity index (χ2v) is 6.36. The third-order valence-electron chi connectivity index (χ3n) is 4.04. The standard InChI is InChI=1S/C21H22F3NO4/c1-15(19(26)29-20(27)21(22,23)24)25-12-10-17-8-5-9-18(14-17)28-13-11-16-6-3-2-4-7-16/h2-9,14-15,25H,10-13H2,1H3/t15-/m1/s1. The second-order valence-electron chi connectivity index (χ2n) is 6.36. The van der Waals surface area contributed by atoms with E-state index in [4.69, 9.17) is 4.74 Å². The van der Waals surface area contributed by atoms with Crippen molar-refractivity contribution in [1.82, 2.24) is 5.32 Å². The van der Waals surface area contributed by atoms with E-state index >= 15 is 0 Å². The number of rotatable bonds is 9. The third kappa shape index (κ3) is 7.95. The van der Waals surface area contributed by atoms with Crippen LogP contribution in [0.5, 0.6) is 5.75 Å². The van der Waals surface area contributed by atoms with Crippen LogP contribution in [-0.4, -0.2) is 37.3 Å². The number of ether oxygens (including phenoxy) is 2. The van der Waals surface area contributed by atoms with E-state index in [-0.39, 0.29) is 0 Å². The van der Waals surface area contributed by atoms with E-state index in [0.717, 1.165) is 12.0 Å². The Morgan fingerprint density at radius 2 is 1.69 bits per heavy atom. The zero-order chi connectivity index (χ0) is 21.3. The Morgan fingerprint density at radius 3 is 2.38 bits per heavy atom. The number of esters is 2. The number of carbonyl (C=O) groups is 2. The molecule has 0 aliphatic heterocycles. The van der Waals surface area contributed by atoms with Gasteiger partial charge in [0.05, 0.1) is 6.61 Å². The highest BCUT2D eigenvalue weighted by Crippen LogP contribution is 2.17. The van der Waals surface area contributed by atoms with Crippen molar-refractivity contribution in [3.05, 3.63) is 65.7 Å². The van der Waals surface area contributed by atoms with Gasteiger partial charge in [-0.3, -0.25) is 0 Å². The van der Waals surface area contributed by atoms with Gasteiger partial charge in [0.25, 0.3) is 0 Å². The largest absolute Gasteiger partial charge is 0.493 e. The van der Waals surface area contributed by atoms with E-state index in [0.29, 0.717) is 25.3 Å². The van der Waals surface area contributed by atoms with Crippen LogP contribution in [-0.2, 0) is 27.2 Å². The molecule has 0 aliphatic rings. The fraction of sp³-hybridized carbons (Fsp3) is 0.333. The minimum atomic E-state index is -5.20. The lowest BCUT2D eigenvalue weighted by Crippen LogP contribution is -2.40. The van der Waals surface area contributed by atoms with Crippen LogP contribution in [0.25, 0.3) is 0 Å². The van der Waals surface area contributed by atoms with E-state index in [1.807, 2.05) is 54.6 Å². The first kappa shape index (κ1) is 22.4. The van der Waals surface area contributed by atoms with Crippen molar-refractivity contribution in [2.75, 3.05) is 13.2 Å². The third-order valence-corrected chi connectivity index (χ3v) is 4.04. The molecule has 156 valence electrons. The van der Waals surface area contributed by atoms with Gasteiger partial charge in [-0.25, -0.2) is 9.59 Å². The number of hydrogen-bond donors (Lipinski definition) is 1. The molecule has 1 atom stereocenters. The maximum Gasteiger partial charge on any atom is 0.491 e. The molecular formula is C21H22F3NO4. The predicted octanol–water partition coefficient (Wildman–Crippen LogP) is 3.46. The number of carbonyl (C=O) groups excluding carboxylic acids is 2. The summed E-state index contributed by atoms with van der Waals surface area (Å²) in [6.45, 7) is 2.17. The monoisotopic (exact) mass is 409 g/mol. The van der Waals surface area contributed by atoms with Crippen LogP contribution in [0.1, 0.15) is 18.1 Å². The van der Waals surface area contributed by atoms with E-state index in [2.05, 4.69) is 10.1 Å². The number of halogens is 3. The van der Waals surface area contributed by atoms with Gasteiger partial charge in [-0.05, 0) is 43.1 Å². The molecule has 1 N–H and O–H groups in total. The zero-order valence-electron chi connectivity index (χ0n) is 15.9. The Kier molecular flexibility index (Phi) is 8.21. The van der Waals surface area contributed by atoms with Crippen LogP contribution in [0, 0.1) is 0 Å². The predicted molar refractivity (Wildman–Crippen MR) is 100 cm³/mol. The molecule has 2 rings (SSSR count). The summed E-state index contributed by atoms with van der Waals surface area (Å²) < 4.78 is 45.9. The molecule has 0 bridgehead atoms. The molecule has 0 spiro atoms. The van der Waals surface area contributed by atoms with Gasteiger partial charge in [-0.15, -0.1) is 0 Å². The highest BCUT2D eigenvalue weighted by molar-refractivity contribution is 5.90. The van der Waals surface area contributed by atoms with Crippen molar-refractivity contribution in [2.45, 2.75) is 32.0 Å². The molecule has 0 heterocycles. The normalized spacial score (nSPS) is 12.3. The Morgan fingerprint density at radius 1 is 1.00 bits per heavy atom. The van der Waals surface area contributed by atoms with Crippen LogP contribution < -0.4 is 10.1 Å². The summed E-state index contributed by atoms with van der Waals surface area (Å²) in [5.41, 5.74) is 2.11. The number of hydrogen-bond acceptors (Lipinski definition) is 5. The van der Waals surface area contributed by atoms with E-state index in [1.165, 1.54) is 12.5 Å². The van der Waals surface area contributed by atoms with Gasteiger partial charge < -0.3 is 14.8 Å². The van der Waals surface area contributed by atoms with Crippen molar-refractivity contribution >= 4 is 11.9 Å². The fourth-order valence-corrected chi connectivity index (χ4v) is 2.48. The molecule has 0 unspecified atom stereocenters. The smallest absolute Gasteiger partial charge is 0.491 e. The van der Waals surface area contributed by atoms with Crippen molar-refractivity contribution in [3.8, 4) is 5.75 Å². The lowest BCUT2D eigenvalue weighted by Gasteiger charge is -2.13. The average molecular weight is 409 g/mol. The van der Waals surface area contributed by atoms with Gasteiger partial charge in [0.1, 0.15) is 11.8 Å². The van der Waals surface area contributed by atoms with Crippen molar-refractivity contribution in [2.24, 2.45) is 0 Å². The van der Waals surface area contributed by atoms with Crippen LogP contribution in [0.4, 0.5) is 13.2 Å². The Bertz CT molecular complexity index is 809. The second kappa shape index (κ2) is 10.6. The topological polar surface area (TPSA) is 64.6 Å². The molecule has 29 heavy (non-hydrogen) atoms. The first-order valence-corrected chi connectivity index (χ1v) is 9.07. The van der Waals surface area contributed by atoms with Gasteiger partial charge in [0.2, 0.25) is 0 Å². The van der Waals surface area contributed by atoms with Gasteiger partial charge in [-0.1, -0.05) is 42.5 Å². The molecule has 0 amide bonds. The lowest BCUT2D eigenvalue weighted by molar-refractivity contribution is -0.202. The van der Waals surface area contributed by atoms with Crippen LogP contribution >= 0.6 is 0 Å². The minimum absolute atomic E-state index is 0.309. The van der Waals surface area contributed by atoms with Gasteiger partial charge in [0, 0.05) is 6.42 Å².